The number of ether oxygens (including phenoxy) is 1. The van der Waals surface area contributed by atoms with Gasteiger partial charge in [-0.2, -0.15) is 13.2 Å². The zero-order chi connectivity index (χ0) is 20.8. The first-order chi connectivity index (χ1) is 13.1. The SMILES string of the molecule is COCC(=O)N1CCCC1c1cc(C(F)(F)F)c2c(=O)n(C)c(=O)n(C)c2n1. The van der Waals surface area contributed by atoms with Crippen LogP contribution in [0.3, 0.4) is 0 Å². The van der Waals surface area contributed by atoms with Crippen LogP contribution < -0.4 is 11.2 Å². The number of carbonyl (C=O) groups is 1. The van der Waals surface area contributed by atoms with Crippen LogP contribution in [0.2, 0.25) is 0 Å². The Morgan fingerprint density at radius 2 is 1.96 bits per heavy atom. The summed E-state index contributed by atoms with van der Waals surface area (Å²) in [6, 6.07) is 0.115. The van der Waals surface area contributed by atoms with Crippen LogP contribution >= 0.6 is 0 Å². The molecule has 0 aromatic carbocycles. The second kappa shape index (κ2) is 7.04. The Balaban J connectivity index is 2.30. The molecule has 152 valence electrons. The summed E-state index contributed by atoms with van der Waals surface area (Å²) in [7, 11) is 3.72. The van der Waals surface area contributed by atoms with Crippen LogP contribution in [0.25, 0.3) is 11.0 Å². The molecule has 0 spiro atoms. The predicted octanol–water partition coefficient (Wildman–Crippen LogP) is 0.961. The van der Waals surface area contributed by atoms with E-state index in [1.807, 2.05) is 0 Å². The molecular formula is C17H19F3N4O4. The number of pyridine rings is 1. The number of rotatable bonds is 3. The van der Waals surface area contributed by atoms with Crippen molar-refractivity contribution >= 4 is 16.9 Å². The molecule has 0 bridgehead atoms. The van der Waals surface area contributed by atoms with Crippen LogP contribution in [0.15, 0.2) is 15.7 Å². The van der Waals surface area contributed by atoms with Crippen molar-refractivity contribution in [2.24, 2.45) is 14.1 Å². The molecule has 11 heteroatoms. The first kappa shape index (κ1) is 20.1. The Bertz CT molecular complexity index is 1060. The lowest BCUT2D eigenvalue weighted by Gasteiger charge is -2.25. The maximum absolute atomic E-state index is 13.7. The molecule has 1 atom stereocenters. The van der Waals surface area contributed by atoms with Gasteiger partial charge in [-0.05, 0) is 18.9 Å². The van der Waals surface area contributed by atoms with Crippen LogP contribution in [0.5, 0.6) is 0 Å². The van der Waals surface area contributed by atoms with Crippen molar-refractivity contribution in [1.29, 1.82) is 0 Å². The standard InChI is InChI=1S/C17H19F3N4O4/c1-22-14-13(15(26)23(2)16(22)27)9(17(18,19)20)7-10(21-14)11-5-4-6-24(11)12(25)8-28-3/h7,11H,4-6,8H2,1-3H3. The van der Waals surface area contributed by atoms with Crippen LogP contribution in [0.4, 0.5) is 13.2 Å². The van der Waals surface area contributed by atoms with E-state index in [1.165, 1.54) is 19.1 Å². The van der Waals surface area contributed by atoms with Crippen LogP contribution in [-0.4, -0.2) is 45.2 Å². The summed E-state index contributed by atoms with van der Waals surface area (Å²) in [5.41, 5.74) is -3.39. The summed E-state index contributed by atoms with van der Waals surface area (Å²) in [5.74, 6) is -0.363. The van der Waals surface area contributed by atoms with Gasteiger partial charge >= 0.3 is 11.9 Å². The van der Waals surface area contributed by atoms with Gasteiger partial charge in [-0.1, -0.05) is 0 Å². The van der Waals surface area contributed by atoms with E-state index in [4.69, 9.17) is 4.74 Å². The van der Waals surface area contributed by atoms with Crippen LogP contribution in [0, 0.1) is 0 Å². The first-order valence-electron chi connectivity index (χ1n) is 8.54. The third kappa shape index (κ3) is 3.19. The number of fused-ring (bicyclic) bond motifs is 1. The number of hydrogen-bond donors (Lipinski definition) is 0. The van der Waals surface area contributed by atoms with Gasteiger partial charge in [0.1, 0.15) is 12.3 Å². The van der Waals surface area contributed by atoms with Crippen molar-refractivity contribution in [3.63, 3.8) is 0 Å². The van der Waals surface area contributed by atoms with Crippen molar-refractivity contribution in [2.45, 2.75) is 25.1 Å². The Morgan fingerprint density at radius 3 is 2.57 bits per heavy atom. The second-order valence-electron chi connectivity index (χ2n) is 6.67. The van der Waals surface area contributed by atoms with Gasteiger partial charge in [0.2, 0.25) is 5.91 Å². The molecular weight excluding hydrogens is 381 g/mol. The van der Waals surface area contributed by atoms with E-state index in [0.29, 0.717) is 24.0 Å². The van der Waals surface area contributed by atoms with E-state index in [-0.39, 0.29) is 23.9 Å². The second-order valence-corrected chi connectivity index (χ2v) is 6.67. The van der Waals surface area contributed by atoms with Gasteiger partial charge in [-0.3, -0.25) is 18.7 Å². The summed E-state index contributed by atoms with van der Waals surface area (Å²) in [4.78, 5) is 42.4. The average Bonchev–Trinajstić information content (AvgIpc) is 3.13. The van der Waals surface area contributed by atoms with Gasteiger partial charge in [0, 0.05) is 27.7 Å². The number of nitrogens with zero attached hydrogens (tertiary/aromatic N) is 4. The predicted molar refractivity (Wildman–Crippen MR) is 92.8 cm³/mol. The minimum Gasteiger partial charge on any atom is -0.375 e. The zero-order valence-corrected chi connectivity index (χ0v) is 15.5. The fourth-order valence-corrected chi connectivity index (χ4v) is 3.55. The van der Waals surface area contributed by atoms with Gasteiger partial charge in [0.15, 0.2) is 0 Å². The summed E-state index contributed by atoms with van der Waals surface area (Å²) in [6.45, 7) is 0.165. The largest absolute Gasteiger partial charge is 0.417 e. The number of alkyl halides is 3. The molecule has 1 amide bonds. The molecule has 3 heterocycles. The number of aryl methyl sites for hydroxylation is 1. The molecule has 1 aliphatic rings. The molecule has 8 nitrogen and oxygen atoms in total. The van der Waals surface area contributed by atoms with Crippen molar-refractivity contribution < 1.29 is 22.7 Å². The third-order valence-corrected chi connectivity index (χ3v) is 4.92. The minimum absolute atomic E-state index is 0.00923. The number of halogens is 3. The summed E-state index contributed by atoms with van der Waals surface area (Å²) < 4.78 is 47.6. The monoisotopic (exact) mass is 400 g/mol. The summed E-state index contributed by atoms with van der Waals surface area (Å²) in [5, 5.41) is -0.673. The Kier molecular flexibility index (Phi) is 5.04. The van der Waals surface area contributed by atoms with Crippen molar-refractivity contribution in [3.8, 4) is 0 Å². The van der Waals surface area contributed by atoms with Crippen molar-refractivity contribution in [2.75, 3.05) is 20.3 Å². The summed E-state index contributed by atoms with van der Waals surface area (Å²) >= 11 is 0. The molecule has 2 aromatic heterocycles. The molecule has 2 aromatic rings. The summed E-state index contributed by atoms with van der Waals surface area (Å²) in [6.07, 6.45) is -3.82. The highest BCUT2D eigenvalue weighted by molar-refractivity contribution is 5.80. The normalized spacial score (nSPS) is 17.5. The number of carbonyl (C=O) groups excluding carboxylic acids is 1. The van der Waals surface area contributed by atoms with E-state index in [0.717, 1.165) is 17.7 Å². The van der Waals surface area contributed by atoms with Crippen LogP contribution in [0.1, 0.15) is 30.1 Å². The Morgan fingerprint density at radius 1 is 1.29 bits per heavy atom. The smallest absolute Gasteiger partial charge is 0.375 e. The molecule has 1 aliphatic heterocycles. The fourth-order valence-electron chi connectivity index (χ4n) is 3.55. The topological polar surface area (TPSA) is 86.4 Å². The molecule has 1 unspecified atom stereocenters. The van der Waals surface area contributed by atoms with Gasteiger partial charge in [0.05, 0.1) is 22.7 Å². The lowest BCUT2D eigenvalue weighted by molar-refractivity contribution is -0.136. The van der Waals surface area contributed by atoms with Gasteiger partial charge in [-0.15, -0.1) is 0 Å². The molecule has 28 heavy (non-hydrogen) atoms. The van der Waals surface area contributed by atoms with Crippen LogP contribution in [-0.2, 0) is 29.8 Å². The quantitative estimate of drug-likeness (QED) is 0.766. The molecule has 1 saturated heterocycles. The average molecular weight is 400 g/mol. The zero-order valence-electron chi connectivity index (χ0n) is 15.5. The van der Waals surface area contributed by atoms with E-state index >= 15 is 0 Å². The molecule has 1 fully saturated rings. The van der Waals surface area contributed by atoms with Gasteiger partial charge < -0.3 is 9.64 Å². The van der Waals surface area contributed by atoms with E-state index < -0.39 is 34.4 Å². The maximum Gasteiger partial charge on any atom is 0.417 e. The van der Waals surface area contributed by atoms with Gasteiger partial charge in [-0.25, -0.2) is 9.78 Å². The van der Waals surface area contributed by atoms with Crippen molar-refractivity contribution in [1.82, 2.24) is 19.0 Å². The number of likely N-dealkylation sites (tertiary alicyclic amines) is 1. The highest BCUT2D eigenvalue weighted by Crippen LogP contribution is 2.37. The Hall–Kier alpha value is -2.69. The highest BCUT2D eigenvalue weighted by Gasteiger charge is 2.38. The molecule has 0 N–H and O–H groups in total. The number of amides is 1. The fraction of sp³-hybridized carbons (Fsp3) is 0.529. The molecule has 3 rings (SSSR count). The van der Waals surface area contributed by atoms with Crippen molar-refractivity contribution in [3.05, 3.63) is 38.2 Å². The van der Waals surface area contributed by atoms with Gasteiger partial charge in [0.25, 0.3) is 5.56 Å². The maximum atomic E-state index is 13.7. The molecule has 0 radical (unpaired) electrons. The van der Waals surface area contributed by atoms with E-state index in [9.17, 15) is 27.6 Å². The van der Waals surface area contributed by atoms with E-state index in [1.54, 1.807) is 0 Å². The highest BCUT2D eigenvalue weighted by atomic mass is 19.4. The first-order valence-corrected chi connectivity index (χ1v) is 8.54. The lowest BCUT2D eigenvalue weighted by Crippen LogP contribution is -2.39. The lowest BCUT2D eigenvalue weighted by atomic mass is 10.0. The third-order valence-electron chi connectivity index (χ3n) is 4.92. The number of aromatic nitrogens is 3. The Labute approximate surface area is 157 Å². The molecule has 0 saturated carbocycles. The molecule has 0 aliphatic carbocycles. The van der Waals surface area contributed by atoms with E-state index in [2.05, 4.69) is 4.98 Å². The number of methoxy groups -OCH3 is 1. The minimum atomic E-state index is -4.83. The number of hydrogen-bond acceptors (Lipinski definition) is 5.